The summed E-state index contributed by atoms with van der Waals surface area (Å²) >= 11 is 1.53. The number of thiazole rings is 1. The van der Waals surface area contributed by atoms with E-state index >= 15 is 0 Å². The second-order valence-electron chi connectivity index (χ2n) is 6.41. The lowest BCUT2D eigenvalue weighted by atomic mass is 9.95. The van der Waals surface area contributed by atoms with Crippen LogP contribution in [0.4, 0.5) is 14.6 Å². The number of halogens is 2. The first kappa shape index (κ1) is 15.6. The van der Waals surface area contributed by atoms with Crippen molar-refractivity contribution in [3.8, 4) is 11.3 Å². The van der Waals surface area contributed by atoms with E-state index in [4.69, 9.17) is 0 Å². The van der Waals surface area contributed by atoms with Gasteiger partial charge >= 0.3 is 0 Å². The maximum Gasteiger partial charge on any atom is 0.196 e. The zero-order valence-electron chi connectivity index (χ0n) is 13.5. The van der Waals surface area contributed by atoms with Crippen LogP contribution in [0.15, 0.2) is 23.6 Å². The fourth-order valence-corrected chi connectivity index (χ4v) is 4.31. The van der Waals surface area contributed by atoms with Crippen LogP contribution in [0.25, 0.3) is 16.2 Å². The molecule has 6 heteroatoms. The topological polar surface area (TPSA) is 29.3 Å². The molecule has 2 aromatic heterocycles. The van der Waals surface area contributed by atoms with Crippen LogP contribution in [0.1, 0.15) is 37.8 Å². The number of aromatic nitrogens is 2. The highest BCUT2D eigenvalue weighted by Crippen LogP contribution is 2.35. The molecule has 1 aliphatic carbocycles. The SMILES string of the molecule is Cc1csc2nc(-c3ccc(F)cc3F)c(NC3CCCCC3)n12. The lowest BCUT2D eigenvalue weighted by Gasteiger charge is -2.24. The van der Waals surface area contributed by atoms with Crippen LogP contribution in [0, 0.1) is 18.6 Å². The molecule has 126 valence electrons. The summed E-state index contributed by atoms with van der Waals surface area (Å²) < 4.78 is 29.6. The van der Waals surface area contributed by atoms with Gasteiger partial charge < -0.3 is 5.32 Å². The second-order valence-corrected chi connectivity index (χ2v) is 7.24. The third-order valence-electron chi connectivity index (χ3n) is 4.67. The molecule has 0 unspecified atom stereocenters. The quantitative estimate of drug-likeness (QED) is 0.688. The Morgan fingerprint density at radius 3 is 2.75 bits per heavy atom. The number of hydrogen-bond donors (Lipinski definition) is 1. The smallest absolute Gasteiger partial charge is 0.196 e. The van der Waals surface area contributed by atoms with Crippen LogP contribution in [-0.4, -0.2) is 15.4 Å². The molecule has 0 spiro atoms. The molecule has 0 atom stereocenters. The van der Waals surface area contributed by atoms with Gasteiger partial charge in [0.25, 0.3) is 0 Å². The van der Waals surface area contributed by atoms with Gasteiger partial charge in [0.15, 0.2) is 4.96 Å². The van der Waals surface area contributed by atoms with Gasteiger partial charge in [0, 0.05) is 28.7 Å². The lowest BCUT2D eigenvalue weighted by molar-refractivity contribution is 0.461. The average molecular weight is 347 g/mol. The van der Waals surface area contributed by atoms with Crippen molar-refractivity contribution in [2.45, 2.75) is 45.1 Å². The normalized spacial score (nSPS) is 16.0. The summed E-state index contributed by atoms with van der Waals surface area (Å²) in [4.78, 5) is 5.44. The molecule has 3 nitrogen and oxygen atoms in total. The fourth-order valence-electron chi connectivity index (χ4n) is 3.44. The predicted octanol–water partition coefficient (Wildman–Crippen LogP) is 5.39. The van der Waals surface area contributed by atoms with E-state index in [0.29, 0.717) is 17.3 Å². The van der Waals surface area contributed by atoms with E-state index in [2.05, 4.69) is 10.3 Å². The predicted molar refractivity (Wildman–Crippen MR) is 93.7 cm³/mol. The van der Waals surface area contributed by atoms with Crippen LogP contribution in [0.3, 0.4) is 0 Å². The van der Waals surface area contributed by atoms with Crippen molar-refractivity contribution in [2.24, 2.45) is 0 Å². The van der Waals surface area contributed by atoms with Crippen molar-refractivity contribution in [3.05, 3.63) is 40.9 Å². The van der Waals surface area contributed by atoms with Gasteiger partial charge in [-0.05, 0) is 31.9 Å². The average Bonchev–Trinajstić information content (AvgIpc) is 3.10. The van der Waals surface area contributed by atoms with Crippen molar-refractivity contribution in [1.82, 2.24) is 9.38 Å². The van der Waals surface area contributed by atoms with Crippen LogP contribution >= 0.6 is 11.3 Å². The minimum atomic E-state index is -0.579. The van der Waals surface area contributed by atoms with Gasteiger partial charge in [0.05, 0.1) is 0 Å². The van der Waals surface area contributed by atoms with Gasteiger partial charge in [0.2, 0.25) is 0 Å². The number of rotatable bonds is 3. The highest BCUT2D eigenvalue weighted by Gasteiger charge is 2.23. The molecule has 0 aliphatic heterocycles. The van der Waals surface area contributed by atoms with E-state index in [0.717, 1.165) is 35.4 Å². The van der Waals surface area contributed by atoms with Gasteiger partial charge in [-0.25, -0.2) is 13.8 Å². The largest absolute Gasteiger partial charge is 0.367 e. The van der Waals surface area contributed by atoms with E-state index < -0.39 is 11.6 Å². The van der Waals surface area contributed by atoms with Crippen molar-refractivity contribution in [3.63, 3.8) is 0 Å². The number of imidazole rings is 1. The first-order valence-corrected chi connectivity index (χ1v) is 9.20. The summed E-state index contributed by atoms with van der Waals surface area (Å²) in [7, 11) is 0. The molecule has 0 bridgehead atoms. The molecule has 1 saturated carbocycles. The minimum absolute atomic E-state index is 0.338. The molecule has 0 saturated heterocycles. The van der Waals surface area contributed by atoms with E-state index in [1.807, 2.05) is 16.7 Å². The van der Waals surface area contributed by atoms with Gasteiger partial charge in [-0.3, -0.25) is 4.40 Å². The van der Waals surface area contributed by atoms with Gasteiger partial charge in [-0.15, -0.1) is 11.3 Å². The fraction of sp³-hybridized carbons (Fsp3) is 0.389. The highest BCUT2D eigenvalue weighted by molar-refractivity contribution is 7.15. The molecule has 3 aromatic rings. The van der Waals surface area contributed by atoms with Gasteiger partial charge in [0.1, 0.15) is 23.1 Å². The molecule has 1 N–H and O–H groups in total. The monoisotopic (exact) mass is 347 g/mol. The Morgan fingerprint density at radius 2 is 2.00 bits per heavy atom. The molecule has 0 amide bonds. The standard InChI is InChI=1S/C18H19F2N3S/c1-11-10-24-18-22-16(14-8-7-12(19)9-15(14)20)17(23(11)18)21-13-5-3-2-4-6-13/h7-10,13,21H,2-6H2,1H3. The number of hydrogen-bond acceptors (Lipinski definition) is 3. The molecule has 2 heterocycles. The summed E-state index contributed by atoms with van der Waals surface area (Å²) in [5.74, 6) is -0.332. The van der Waals surface area contributed by atoms with Crippen molar-refractivity contribution < 1.29 is 8.78 Å². The van der Waals surface area contributed by atoms with E-state index in [-0.39, 0.29) is 0 Å². The summed E-state index contributed by atoms with van der Waals surface area (Å²) in [6.45, 7) is 2.02. The van der Waals surface area contributed by atoms with Crippen molar-refractivity contribution >= 4 is 22.1 Å². The summed E-state index contributed by atoms with van der Waals surface area (Å²) in [6.07, 6.45) is 5.92. The van der Waals surface area contributed by atoms with E-state index in [9.17, 15) is 8.78 Å². The Hall–Kier alpha value is -1.95. The number of fused-ring (bicyclic) bond motifs is 1. The summed E-state index contributed by atoms with van der Waals surface area (Å²) in [5.41, 5.74) is 1.97. The molecule has 1 fully saturated rings. The maximum atomic E-state index is 14.3. The summed E-state index contributed by atoms with van der Waals surface area (Å²) in [6, 6.07) is 4.04. The number of aryl methyl sites for hydroxylation is 1. The molecular weight excluding hydrogens is 328 g/mol. The van der Waals surface area contributed by atoms with Crippen LogP contribution in [0.2, 0.25) is 0 Å². The van der Waals surface area contributed by atoms with Gasteiger partial charge in [-0.2, -0.15) is 0 Å². The molecule has 1 aromatic carbocycles. The number of benzene rings is 1. The van der Waals surface area contributed by atoms with Crippen LogP contribution in [-0.2, 0) is 0 Å². The molecule has 4 rings (SSSR count). The number of nitrogens with zero attached hydrogens (tertiary/aromatic N) is 2. The Morgan fingerprint density at radius 1 is 1.21 bits per heavy atom. The van der Waals surface area contributed by atoms with E-state index in [1.165, 1.54) is 42.7 Å². The molecule has 0 radical (unpaired) electrons. The molecule has 24 heavy (non-hydrogen) atoms. The number of nitrogens with one attached hydrogen (secondary N) is 1. The zero-order valence-corrected chi connectivity index (χ0v) is 14.3. The lowest BCUT2D eigenvalue weighted by Crippen LogP contribution is -2.23. The Bertz CT molecular complexity index is 878. The highest BCUT2D eigenvalue weighted by atomic mass is 32.1. The first-order chi connectivity index (χ1) is 11.6. The van der Waals surface area contributed by atoms with Gasteiger partial charge in [-0.1, -0.05) is 19.3 Å². The van der Waals surface area contributed by atoms with Crippen molar-refractivity contribution in [2.75, 3.05) is 5.32 Å². The Kier molecular flexibility index (Phi) is 4.00. The van der Waals surface area contributed by atoms with E-state index in [1.54, 1.807) is 0 Å². The third-order valence-corrected chi connectivity index (χ3v) is 5.61. The van der Waals surface area contributed by atoms with Crippen LogP contribution in [0.5, 0.6) is 0 Å². The molecular formula is C18H19F2N3S. The summed E-state index contributed by atoms with van der Waals surface area (Å²) in [5, 5.41) is 5.63. The first-order valence-electron chi connectivity index (χ1n) is 8.32. The second kappa shape index (κ2) is 6.16. The Balaban J connectivity index is 1.83. The number of anilines is 1. The Labute approximate surface area is 143 Å². The maximum absolute atomic E-state index is 14.3. The van der Waals surface area contributed by atoms with Crippen molar-refractivity contribution in [1.29, 1.82) is 0 Å². The van der Waals surface area contributed by atoms with Crippen LogP contribution < -0.4 is 5.32 Å². The third kappa shape index (κ3) is 2.69. The zero-order chi connectivity index (χ0) is 16.7. The molecule has 1 aliphatic rings. The minimum Gasteiger partial charge on any atom is -0.367 e.